The van der Waals surface area contributed by atoms with Crippen molar-refractivity contribution in [2.75, 3.05) is 14.2 Å². The first-order valence-electron chi connectivity index (χ1n) is 3.01. The summed E-state index contributed by atoms with van der Waals surface area (Å²) >= 11 is 2.15. The Hall–Kier alpha value is -0.520. The molecule has 0 aliphatic rings. The summed E-state index contributed by atoms with van der Waals surface area (Å²) in [4.78, 5) is 4.00. The Kier molecular flexibility index (Phi) is 2.92. The number of pyridine rings is 1. The van der Waals surface area contributed by atoms with Gasteiger partial charge in [0.05, 0.1) is 17.8 Å². The van der Waals surface area contributed by atoms with Crippen LogP contribution in [0, 0.1) is 3.57 Å². The van der Waals surface area contributed by atoms with Crippen molar-refractivity contribution < 1.29 is 9.47 Å². The van der Waals surface area contributed by atoms with Crippen LogP contribution in [0.3, 0.4) is 0 Å². The topological polar surface area (TPSA) is 31.4 Å². The van der Waals surface area contributed by atoms with E-state index in [0.29, 0.717) is 5.88 Å². The second-order valence-corrected chi connectivity index (χ2v) is 3.02. The highest BCUT2D eigenvalue weighted by atomic mass is 127. The average Bonchev–Trinajstić information content (AvgIpc) is 2.05. The lowest BCUT2D eigenvalue weighted by Gasteiger charge is -2.03. The highest BCUT2D eigenvalue weighted by Crippen LogP contribution is 2.22. The number of halogens is 1. The molecule has 1 heterocycles. The van der Waals surface area contributed by atoms with Gasteiger partial charge in [0.1, 0.15) is 5.75 Å². The second-order valence-electron chi connectivity index (χ2n) is 1.86. The van der Waals surface area contributed by atoms with Gasteiger partial charge in [-0.15, -0.1) is 0 Å². The molecule has 0 saturated heterocycles. The lowest BCUT2D eigenvalue weighted by molar-refractivity contribution is 0.380. The van der Waals surface area contributed by atoms with Crippen LogP contribution < -0.4 is 9.47 Å². The van der Waals surface area contributed by atoms with Crippen molar-refractivity contribution >= 4 is 22.6 Å². The van der Waals surface area contributed by atoms with Gasteiger partial charge in [0, 0.05) is 12.3 Å². The van der Waals surface area contributed by atoms with E-state index in [1.807, 2.05) is 0 Å². The predicted molar refractivity (Wildman–Crippen MR) is 50.1 cm³/mol. The van der Waals surface area contributed by atoms with Gasteiger partial charge in [-0.3, -0.25) is 0 Å². The number of aromatic nitrogens is 1. The molecule has 0 aromatic carbocycles. The van der Waals surface area contributed by atoms with E-state index in [2.05, 4.69) is 27.6 Å². The van der Waals surface area contributed by atoms with Gasteiger partial charge in [-0.1, -0.05) is 0 Å². The molecule has 60 valence electrons. The standard InChI is InChI=1S/C7H8INO2/c1-10-6-3-7(11-2)9-4-5(6)8/h3-4H,1-2H3. The zero-order valence-corrected chi connectivity index (χ0v) is 8.45. The van der Waals surface area contributed by atoms with Gasteiger partial charge >= 0.3 is 0 Å². The molecule has 0 saturated carbocycles. The highest BCUT2D eigenvalue weighted by molar-refractivity contribution is 14.1. The van der Waals surface area contributed by atoms with Crippen LogP contribution in [0.1, 0.15) is 0 Å². The number of rotatable bonds is 2. The van der Waals surface area contributed by atoms with Crippen molar-refractivity contribution in [2.45, 2.75) is 0 Å². The minimum atomic E-state index is 0.572. The van der Waals surface area contributed by atoms with Crippen molar-refractivity contribution in [2.24, 2.45) is 0 Å². The Labute approximate surface area is 78.9 Å². The molecule has 4 heteroatoms. The first-order chi connectivity index (χ1) is 5.27. The smallest absolute Gasteiger partial charge is 0.216 e. The van der Waals surface area contributed by atoms with E-state index in [9.17, 15) is 0 Å². The fraction of sp³-hybridized carbons (Fsp3) is 0.286. The third-order valence-electron chi connectivity index (χ3n) is 1.22. The molecule has 0 radical (unpaired) electrons. The summed E-state index contributed by atoms with van der Waals surface area (Å²) in [6.07, 6.45) is 1.71. The van der Waals surface area contributed by atoms with Crippen LogP contribution in [-0.4, -0.2) is 19.2 Å². The highest BCUT2D eigenvalue weighted by Gasteiger charge is 2.01. The minimum absolute atomic E-state index is 0.572. The summed E-state index contributed by atoms with van der Waals surface area (Å²) in [5.41, 5.74) is 0. The van der Waals surface area contributed by atoms with E-state index < -0.39 is 0 Å². The summed E-state index contributed by atoms with van der Waals surface area (Å²) in [5.74, 6) is 1.36. The summed E-state index contributed by atoms with van der Waals surface area (Å²) in [5, 5.41) is 0. The first kappa shape index (κ1) is 8.58. The van der Waals surface area contributed by atoms with Crippen molar-refractivity contribution in [3.63, 3.8) is 0 Å². The Morgan fingerprint density at radius 1 is 1.36 bits per heavy atom. The van der Waals surface area contributed by atoms with Crippen LogP contribution in [-0.2, 0) is 0 Å². The molecule has 0 N–H and O–H groups in total. The summed E-state index contributed by atoms with van der Waals surface area (Å²) in [6.45, 7) is 0. The van der Waals surface area contributed by atoms with Crippen molar-refractivity contribution in [3.05, 3.63) is 15.8 Å². The SMILES string of the molecule is COc1cc(OC)c(I)cn1. The maximum absolute atomic E-state index is 5.06. The first-order valence-corrected chi connectivity index (χ1v) is 4.09. The largest absolute Gasteiger partial charge is 0.495 e. The third-order valence-corrected chi connectivity index (χ3v) is 2.03. The number of hydrogen-bond donors (Lipinski definition) is 0. The van der Waals surface area contributed by atoms with Gasteiger partial charge in [0.15, 0.2) is 0 Å². The zero-order chi connectivity index (χ0) is 8.27. The molecule has 3 nitrogen and oxygen atoms in total. The van der Waals surface area contributed by atoms with E-state index in [-0.39, 0.29) is 0 Å². The normalized spacial score (nSPS) is 9.36. The molecule has 1 aromatic heterocycles. The van der Waals surface area contributed by atoms with E-state index in [0.717, 1.165) is 9.32 Å². The molecule has 0 atom stereocenters. The molecular weight excluding hydrogens is 257 g/mol. The minimum Gasteiger partial charge on any atom is -0.495 e. The van der Waals surface area contributed by atoms with Crippen LogP contribution in [0.5, 0.6) is 11.6 Å². The van der Waals surface area contributed by atoms with Gasteiger partial charge in [-0.2, -0.15) is 0 Å². The molecular formula is C7H8INO2. The lowest BCUT2D eigenvalue weighted by Crippen LogP contribution is -1.91. The summed E-state index contributed by atoms with van der Waals surface area (Å²) < 4.78 is 11.0. The van der Waals surface area contributed by atoms with E-state index in [1.54, 1.807) is 26.5 Å². The number of nitrogens with zero attached hydrogens (tertiary/aromatic N) is 1. The fourth-order valence-electron chi connectivity index (χ4n) is 0.670. The number of ether oxygens (including phenoxy) is 2. The maximum Gasteiger partial charge on any atom is 0.216 e. The van der Waals surface area contributed by atoms with E-state index in [4.69, 9.17) is 9.47 Å². The summed E-state index contributed by atoms with van der Waals surface area (Å²) in [7, 11) is 3.20. The Morgan fingerprint density at radius 2 is 2.09 bits per heavy atom. The number of hydrogen-bond acceptors (Lipinski definition) is 3. The maximum atomic E-state index is 5.06. The Balaban J connectivity index is 3.02. The molecule has 0 spiro atoms. The van der Waals surface area contributed by atoms with Crippen LogP contribution in [0.25, 0.3) is 0 Å². The molecule has 0 bridgehead atoms. The van der Waals surface area contributed by atoms with Crippen molar-refractivity contribution in [1.82, 2.24) is 4.98 Å². The van der Waals surface area contributed by atoms with Gasteiger partial charge in [-0.05, 0) is 22.6 Å². The summed E-state index contributed by atoms with van der Waals surface area (Å²) in [6, 6.07) is 1.75. The van der Waals surface area contributed by atoms with Gasteiger partial charge in [0.2, 0.25) is 5.88 Å². The lowest BCUT2D eigenvalue weighted by atomic mass is 10.4. The quantitative estimate of drug-likeness (QED) is 0.763. The van der Waals surface area contributed by atoms with Gasteiger partial charge in [-0.25, -0.2) is 4.98 Å². The third kappa shape index (κ3) is 1.95. The van der Waals surface area contributed by atoms with Crippen LogP contribution in [0.2, 0.25) is 0 Å². The molecule has 0 fully saturated rings. The molecule has 0 unspecified atom stereocenters. The monoisotopic (exact) mass is 265 g/mol. The molecule has 11 heavy (non-hydrogen) atoms. The predicted octanol–water partition coefficient (Wildman–Crippen LogP) is 1.70. The number of methoxy groups -OCH3 is 2. The van der Waals surface area contributed by atoms with Crippen molar-refractivity contribution in [1.29, 1.82) is 0 Å². The second kappa shape index (κ2) is 3.75. The molecule has 0 aliphatic heterocycles. The fourth-order valence-corrected chi connectivity index (χ4v) is 1.19. The van der Waals surface area contributed by atoms with E-state index >= 15 is 0 Å². The molecule has 0 amide bonds. The van der Waals surface area contributed by atoms with Gasteiger partial charge in [0.25, 0.3) is 0 Å². The van der Waals surface area contributed by atoms with Crippen LogP contribution in [0.4, 0.5) is 0 Å². The van der Waals surface area contributed by atoms with E-state index in [1.165, 1.54) is 0 Å². The Morgan fingerprint density at radius 3 is 2.64 bits per heavy atom. The zero-order valence-electron chi connectivity index (χ0n) is 6.30. The molecule has 1 rings (SSSR count). The van der Waals surface area contributed by atoms with Crippen LogP contribution in [0.15, 0.2) is 12.3 Å². The molecule has 0 aliphatic carbocycles. The van der Waals surface area contributed by atoms with Crippen molar-refractivity contribution in [3.8, 4) is 11.6 Å². The Bertz CT molecular complexity index is 252. The average molecular weight is 265 g/mol. The van der Waals surface area contributed by atoms with Gasteiger partial charge < -0.3 is 9.47 Å². The molecule has 1 aromatic rings. The van der Waals surface area contributed by atoms with Crippen LogP contribution >= 0.6 is 22.6 Å².